The predicted molar refractivity (Wildman–Crippen MR) is 159 cm³/mol. The van der Waals surface area contributed by atoms with Crippen molar-refractivity contribution in [3.05, 3.63) is 98.8 Å². The van der Waals surface area contributed by atoms with Gasteiger partial charge in [-0.3, -0.25) is 19.6 Å². The third kappa shape index (κ3) is 5.88. The number of carbonyl (C=O) groups excluding carboxylic acids is 1. The van der Waals surface area contributed by atoms with E-state index in [9.17, 15) is 15.0 Å². The lowest BCUT2D eigenvalue weighted by molar-refractivity contribution is -0.0868. The Balaban J connectivity index is 1.45. The molecule has 0 saturated carbocycles. The molecule has 0 radical (unpaired) electrons. The number of hydrogen-bond donors (Lipinski definition) is 3. The number of amides is 1. The lowest BCUT2D eigenvalue weighted by atomic mass is 9.88. The predicted octanol–water partition coefficient (Wildman–Crippen LogP) is 4.49. The summed E-state index contributed by atoms with van der Waals surface area (Å²) in [5.41, 5.74) is 0.722. The lowest BCUT2D eigenvalue weighted by Crippen LogP contribution is -2.48. The Kier molecular flexibility index (Phi) is 8.74. The number of pyridine rings is 1. The molecule has 3 heterocycles. The molecule has 1 amide bonds. The minimum absolute atomic E-state index is 0.180. The average molecular weight is 600 g/mol. The standard InChI is InChI=1S/C31H36Cl2N4O4/c1-20(38)36-14-12-25(13-15-36)35-19-30(2,40)22-6-11-28-27(16-22)29(39)37(18-26-10-9-24(33)17-34-26)31(28,41-3)21-4-7-23(32)8-5-21/h4-11,16-17,20,25,35,38,40H,12-15,18-19H2,1-3H3/t20?,30?,31-/m1/s1. The maximum absolute atomic E-state index is 14.1. The number of nitrogens with zero attached hydrogens (tertiary/aromatic N) is 3. The Morgan fingerprint density at radius 1 is 1.12 bits per heavy atom. The largest absolute Gasteiger partial charge is 0.384 e. The molecular weight excluding hydrogens is 563 g/mol. The second-order valence-electron chi connectivity index (χ2n) is 11.1. The third-order valence-electron chi connectivity index (χ3n) is 8.29. The van der Waals surface area contributed by atoms with E-state index in [2.05, 4.69) is 10.3 Å². The van der Waals surface area contributed by atoms with E-state index < -0.39 is 17.6 Å². The van der Waals surface area contributed by atoms with Crippen molar-refractivity contribution >= 4 is 29.1 Å². The molecule has 1 aromatic heterocycles. The van der Waals surface area contributed by atoms with Gasteiger partial charge >= 0.3 is 0 Å². The number of rotatable bonds is 9. The zero-order valence-electron chi connectivity index (χ0n) is 23.5. The van der Waals surface area contributed by atoms with E-state index in [0.717, 1.165) is 31.5 Å². The van der Waals surface area contributed by atoms with Gasteiger partial charge in [0, 0.05) is 60.7 Å². The van der Waals surface area contributed by atoms with Crippen molar-refractivity contribution in [3.63, 3.8) is 0 Å². The fourth-order valence-corrected chi connectivity index (χ4v) is 6.12. The number of hydrogen-bond acceptors (Lipinski definition) is 7. The Hall–Kier alpha value is -2.56. The highest BCUT2D eigenvalue weighted by Gasteiger charge is 2.52. The number of piperidine rings is 1. The number of halogens is 2. The first-order valence-electron chi connectivity index (χ1n) is 13.8. The quantitative estimate of drug-likeness (QED) is 0.334. The monoisotopic (exact) mass is 598 g/mol. The highest BCUT2D eigenvalue weighted by molar-refractivity contribution is 6.30. The summed E-state index contributed by atoms with van der Waals surface area (Å²) < 4.78 is 6.22. The number of aromatic nitrogens is 1. The molecular formula is C31H36Cl2N4O4. The van der Waals surface area contributed by atoms with Crippen molar-refractivity contribution in [2.24, 2.45) is 0 Å². The van der Waals surface area contributed by atoms with Crippen LogP contribution in [-0.4, -0.2) is 69.9 Å². The summed E-state index contributed by atoms with van der Waals surface area (Å²) in [5, 5.41) is 25.9. The van der Waals surface area contributed by atoms with Crippen LogP contribution in [0.4, 0.5) is 0 Å². The molecule has 1 fully saturated rings. The van der Waals surface area contributed by atoms with Crippen LogP contribution in [-0.2, 0) is 22.6 Å². The number of ether oxygens (including phenoxy) is 1. The minimum Gasteiger partial charge on any atom is -0.384 e. The summed E-state index contributed by atoms with van der Waals surface area (Å²) in [7, 11) is 1.58. The van der Waals surface area contributed by atoms with Gasteiger partial charge in [0.05, 0.1) is 22.9 Å². The molecule has 1 saturated heterocycles. The zero-order valence-corrected chi connectivity index (χ0v) is 25.0. The number of carbonyl (C=O) groups is 1. The topological polar surface area (TPSA) is 98.2 Å². The van der Waals surface area contributed by atoms with E-state index in [-0.39, 0.29) is 18.5 Å². The summed E-state index contributed by atoms with van der Waals surface area (Å²) in [6.07, 6.45) is 2.87. The van der Waals surface area contributed by atoms with Crippen molar-refractivity contribution in [3.8, 4) is 0 Å². The van der Waals surface area contributed by atoms with E-state index in [0.29, 0.717) is 39.0 Å². The van der Waals surface area contributed by atoms with Crippen LogP contribution in [0.3, 0.4) is 0 Å². The molecule has 5 rings (SSSR count). The molecule has 218 valence electrons. The van der Waals surface area contributed by atoms with Crippen molar-refractivity contribution in [2.45, 2.75) is 56.8 Å². The smallest absolute Gasteiger partial charge is 0.257 e. The molecule has 10 heteroatoms. The molecule has 0 bridgehead atoms. The number of methoxy groups -OCH3 is 1. The second kappa shape index (κ2) is 12.0. The summed E-state index contributed by atoms with van der Waals surface area (Å²) in [4.78, 5) is 22.2. The average Bonchev–Trinajstić information content (AvgIpc) is 3.21. The Bertz CT molecular complexity index is 1380. The lowest BCUT2D eigenvalue weighted by Gasteiger charge is -2.38. The zero-order chi connectivity index (χ0) is 29.4. The van der Waals surface area contributed by atoms with Gasteiger partial charge in [-0.1, -0.05) is 47.5 Å². The van der Waals surface area contributed by atoms with E-state index in [1.165, 1.54) is 0 Å². The van der Waals surface area contributed by atoms with Gasteiger partial charge in [-0.05, 0) is 62.6 Å². The van der Waals surface area contributed by atoms with E-state index in [1.807, 2.05) is 29.2 Å². The van der Waals surface area contributed by atoms with Gasteiger partial charge in [0.15, 0.2) is 5.72 Å². The third-order valence-corrected chi connectivity index (χ3v) is 8.77. The first kappa shape index (κ1) is 29.9. The molecule has 2 aromatic carbocycles. The van der Waals surface area contributed by atoms with E-state index in [4.69, 9.17) is 27.9 Å². The number of aliphatic hydroxyl groups excluding tert-OH is 1. The van der Waals surface area contributed by atoms with Crippen LogP contribution in [0, 0.1) is 0 Å². The van der Waals surface area contributed by atoms with Crippen LogP contribution < -0.4 is 5.32 Å². The van der Waals surface area contributed by atoms with Crippen molar-refractivity contribution in [1.82, 2.24) is 20.1 Å². The molecule has 3 aromatic rings. The van der Waals surface area contributed by atoms with E-state index >= 15 is 0 Å². The van der Waals surface area contributed by atoms with Gasteiger partial charge < -0.3 is 20.3 Å². The van der Waals surface area contributed by atoms with Gasteiger partial charge in [-0.15, -0.1) is 0 Å². The molecule has 0 spiro atoms. The molecule has 41 heavy (non-hydrogen) atoms. The van der Waals surface area contributed by atoms with Crippen molar-refractivity contribution < 1.29 is 19.7 Å². The van der Waals surface area contributed by atoms with Crippen molar-refractivity contribution in [1.29, 1.82) is 0 Å². The number of nitrogens with one attached hydrogen (secondary N) is 1. The first-order chi connectivity index (χ1) is 19.5. The second-order valence-corrected chi connectivity index (χ2v) is 11.9. The fourth-order valence-electron chi connectivity index (χ4n) is 5.88. The highest BCUT2D eigenvalue weighted by Crippen LogP contribution is 2.46. The molecule has 2 unspecified atom stereocenters. The van der Waals surface area contributed by atoms with Crippen LogP contribution in [0.1, 0.15) is 59.4 Å². The number of benzene rings is 2. The normalized spacial score (nSPS) is 22.0. The molecule has 3 atom stereocenters. The van der Waals surface area contributed by atoms with Crippen LogP contribution in [0.5, 0.6) is 0 Å². The SMILES string of the molecule is CO[C@]1(c2ccc(Cl)cc2)c2ccc(C(C)(O)CNC3CCN(C(C)O)CC3)cc2C(=O)N1Cc1ccc(Cl)cn1. The first-order valence-corrected chi connectivity index (χ1v) is 14.6. The van der Waals surface area contributed by atoms with Crippen LogP contribution in [0.25, 0.3) is 0 Å². The number of aliphatic hydroxyl groups is 2. The summed E-state index contributed by atoms with van der Waals surface area (Å²) in [6, 6.07) is 16.5. The van der Waals surface area contributed by atoms with Crippen LogP contribution in [0.15, 0.2) is 60.8 Å². The van der Waals surface area contributed by atoms with Gasteiger partial charge in [0.25, 0.3) is 5.91 Å². The Labute approximate surface area is 250 Å². The maximum Gasteiger partial charge on any atom is 0.257 e. The number of fused-ring (bicyclic) bond motifs is 1. The highest BCUT2D eigenvalue weighted by atomic mass is 35.5. The number of likely N-dealkylation sites (tertiary alicyclic amines) is 1. The fraction of sp³-hybridized carbons (Fsp3) is 0.419. The molecule has 0 aliphatic carbocycles. The van der Waals surface area contributed by atoms with Gasteiger partial charge in [-0.25, -0.2) is 0 Å². The van der Waals surface area contributed by atoms with E-state index in [1.54, 1.807) is 62.4 Å². The molecule has 8 nitrogen and oxygen atoms in total. The van der Waals surface area contributed by atoms with Crippen LogP contribution in [0.2, 0.25) is 10.0 Å². The summed E-state index contributed by atoms with van der Waals surface area (Å²) >= 11 is 12.3. The maximum atomic E-state index is 14.1. The molecule has 2 aliphatic rings. The van der Waals surface area contributed by atoms with Crippen LogP contribution >= 0.6 is 23.2 Å². The van der Waals surface area contributed by atoms with Crippen molar-refractivity contribution in [2.75, 3.05) is 26.7 Å². The molecule has 2 aliphatic heterocycles. The summed E-state index contributed by atoms with van der Waals surface area (Å²) in [5.74, 6) is -0.232. The van der Waals surface area contributed by atoms with Gasteiger partial charge in [0.1, 0.15) is 6.23 Å². The Morgan fingerprint density at radius 2 is 1.80 bits per heavy atom. The summed E-state index contributed by atoms with van der Waals surface area (Å²) in [6.45, 7) is 5.64. The van der Waals surface area contributed by atoms with Gasteiger partial charge in [-0.2, -0.15) is 0 Å². The minimum atomic E-state index is -1.22. The Morgan fingerprint density at radius 3 is 2.41 bits per heavy atom. The van der Waals surface area contributed by atoms with Gasteiger partial charge in [0.2, 0.25) is 0 Å². The molecule has 3 N–H and O–H groups in total.